The molecule has 0 spiro atoms. The highest BCUT2D eigenvalue weighted by molar-refractivity contribution is 7.08. The van der Waals surface area contributed by atoms with Crippen LogP contribution >= 0.6 is 11.3 Å². The van der Waals surface area contributed by atoms with Gasteiger partial charge in [0.2, 0.25) is 0 Å². The molecule has 2 nitrogen and oxygen atoms in total. The lowest BCUT2D eigenvalue weighted by molar-refractivity contribution is -0.110. The van der Waals surface area contributed by atoms with E-state index in [0.29, 0.717) is 0 Å². The van der Waals surface area contributed by atoms with Crippen LogP contribution in [0.15, 0.2) is 65.4 Å². The van der Waals surface area contributed by atoms with Gasteiger partial charge >= 0.3 is 0 Å². The van der Waals surface area contributed by atoms with E-state index in [4.69, 9.17) is 0 Å². The van der Waals surface area contributed by atoms with E-state index in [-0.39, 0.29) is 11.2 Å². The number of ketones is 1. The van der Waals surface area contributed by atoms with Gasteiger partial charge in [0.1, 0.15) is 0 Å². The van der Waals surface area contributed by atoms with E-state index in [1.807, 2.05) is 47.2 Å². The van der Waals surface area contributed by atoms with E-state index in [1.54, 1.807) is 23.5 Å². The van der Waals surface area contributed by atoms with Crippen molar-refractivity contribution < 1.29 is 4.79 Å². The topological polar surface area (TPSA) is 20.3 Å². The number of benzene rings is 1. The summed E-state index contributed by atoms with van der Waals surface area (Å²) in [5.74, 6) is 6.33. The summed E-state index contributed by atoms with van der Waals surface area (Å²) in [5.41, 5.74) is 3.35. The van der Waals surface area contributed by atoms with Crippen LogP contribution in [-0.2, 0) is 11.3 Å². The average molecular weight is 418 g/mol. The fourth-order valence-corrected chi connectivity index (χ4v) is 3.29. The van der Waals surface area contributed by atoms with E-state index in [1.165, 1.54) is 5.56 Å². The van der Waals surface area contributed by atoms with Crippen LogP contribution in [0.5, 0.6) is 0 Å². The Balaban J connectivity index is 1.92. The van der Waals surface area contributed by atoms with Gasteiger partial charge in [0.15, 0.2) is 5.78 Å². The van der Waals surface area contributed by atoms with Crippen LogP contribution in [0.2, 0.25) is 0 Å². The molecule has 3 heteroatoms. The molecule has 2 aromatic rings. The minimum atomic E-state index is -0.0108. The molecule has 0 aliphatic rings. The number of carbonyl (C=O) groups is 1. The lowest BCUT2D eigenvalue weighted by Crippen LogP contribution is -2.22. The van der Waals surface area contributed by atoms with E-state index in [9.17, 15) is 4.79 Å². The molecule has 1 aromatic carbocycles. The standard InChI is InChI=1S/C27H31NOS/c1-5-28(18-8-6-7-17-27(2,3)4)21-25-11-9-10-23(20-25)12-14-26(29)15-13-24-16-19-30-22-24/h6,8-16,19-20,22H,5,18,21H2,1-4H3/b8-6+,14-12+,15-13+. The molecule has 1 aromatic heterocycles. The smallest absolute Gasteiger partial charge is 0.178 e. The number of likely N-dealkylation sites (N-methyl/N-ethyl adjacent to an activating group) is 1. The Morgan fingerprint density at radius 3 is 2.57 bits per heavy atom. The molecule has 0 N–H and O–H groups in total. The Morgan fingerprint density at radius 2 is 1.90 bits per heavy atom. The Morgan fingerprint density at radius 1 is 1.13 bits per heavy atom. The number of nitrogens with zero attached hydrogens (tertiary/aromatic N) is 1. The van der Waals surface area contributed by atoms with E-state index >= 15 is 0 Å². The quantitative estimate of drug-likeness (QED) is 0.344. The molecular formula is C27H31NOS. The fraction of sp³-hybridized carbons (Fsp3) is 0.296. The summed E-state index contributed by atoms with van der Waals surface area (Å²) in [6.45, 7) is 11.2. The van der Waals surface area contributed by atoms with E-state index in [0.717, 1.165) is 30.8 Å². The number of allylic oxidation sites excluding steroid dienone is 3. The second kappa shape index (κ2) is 12.1. The van der Waals surface area contributed by atoms with Crippen LogP contribution in [0, 0.1) is 17.3 Å². The maximum atomic E-state index is 12.1. The molecule has 0 atom stereocenters. The molecule has 0 amide bonds. The summed E-state index contributed by atoms with van der Waals surface area (Å²) in [6.07, 6.45) is 11.0. The van der Waals surface area contributed by atoms with E-state index in [2.05, 4.69) is 62.6 Å². The molecular weight excluding hydrogens is 386 g/mol. The Bertz CT molecular complexity index is 947. The molecule has 0 unspecified atom stereocenters. The molecule has 0 saturated heterocycles. The number of hydrogen-bond acceptors (Lipinski definition) is 3. The molecule has 0 aliphatic carbocycles. The molecule has 1 heterocycles. The van der Waals surface area contributed by atoms with Crippen LogP contribution in [0.25, 0.3) is 12.2 Å². The average Bonchev–Trinajstić information content (AvgIpc) is 3.22. The highest BCUT2D eigenvalue weighted by Gasteiger charge is 2.03. The third kappa shape index (κ3) is 9.69. The summed E-state index contributed by atoms with van der Waals surface area (Å²) >= 11 is 1.62. The summed E-state index contributed by atoms with van der Waals surface area (Å²) in [4.78, 5) is 14.4. The summed E-state index contributed by atoms with van der Waals surface area (Å²) < 4.78 is 0. The summed E-state index contributed by atoms with van der Waals surface area (Å²) in [7, 11) is 0. The molecule has 0 bridgehead atoms. The van der Waals surface area contributed by atoms with Gasteiger partial charge in [-0.15, -0.1) is 0 Å². The van der Waals surface area contributed by atoms with Gasteiger partial charge in [0.25, 0.3) is 0 Å². The molecule has 0 radical (unpaired) electrons. The van der Waals surface area contributed by atoms with Crippen LogP contribution in [0.1, 0.15) is 44.4 Å². The maximum Gasteiger partial charge on any atom is 0.178 e. The zero-order valence-electron chi connectivity index (χ0n) is 18.4. The highest BCUT2D eigenvalue weighted by Crippen LogP contribution is 2.12. The highest BCUT2D eigenvalue weighted by atomic mass is 32.1. The lowest BCUT2D eigenvalue weighted by atomic mass is 9.98. The molecule has 2 rings (SSSR count). The fourth-order valence-electron chi connectivity index (χ4n) is 2.66. The molecule has 156 valence electrons. The number of thiophene rings is 1. The summed E-state index contributed by atoms with van der Waals surface area (Å²) in [5, 5.41) is 4.02. The van der Waals surface area contributed by atoms with Crippen molar-refractivity contribution in [2.75, 3.05) is 13.1 Å². The first kappa shape index (κ1) is 23.6. The first-order valence-corrected chi connectivity index (χ1v) is 11.2. The van der Waals surface area contributed by atoms with Gasteiger partial charge in [-0.25, -0.2) is 0 Å². The normalized spacial score (nSPS) is 12.2. The maximum absolute atomic E-state index is 12.1. The first-order chi connectivity index (χ1) is 14.4. The Labute approximate surface area is 185 Å². The third-order valence-electron chi connectivity index (χ3n) is 4.24. The zero-order valence-corrected chi connectivity index (χ0v) is 19.2. The number of carbonyl (C=O) groups excluding carboxylic acids is 1. The minimum absolute atomic E-state index is 0.0108. The largest absolute Gasteiger partial charge is 0.296 e. The predicted molar refractivity (Wildman–Crippen MR) is 131 cm³/mol. The Kier molecular flexibility index (Phi) is 9.54. The second-order valence-corrected chi connectivity index (χ2v) is 8.90. The monoisotopic (exact) mass is 417 g/mol. The van der Waals surface area contributed by atoms with Crippen LogP contribution < -0.4 is 0 Å². The van der Waals surface area contributed by atoms with E-state index < -0.39 is 0 Å². The molecule has 0 fully saturated rings. The van der Waals surface area contributed by atoms with Gasteiger partial charge in [0.05, 0.1) is 0 Å². The van der Waals surface area contributed by atoms with Gasteiger partial charge in [-0.2, -0.15) is 11.3 Å². The molecule has 0 aliphatic heterocycles. The zero-order chi connectivity index (χ0) is 21.8. The first-order valence-electron chi connectivity index (χ1n) is 10.3. The van der Waals surface area contributed by atoms with Crippen LogP contribution in [0.3, 0.4) is 0 Å². The van der Waals surface area contributed by atoms with Gasteiger partial charge < -0.3 is 0 Å². The third-order valence-corrected chi connectivity index (χ3v) is 4.94. The molecule has 30 heavy (non-hydrogen) atoms. The predicted octanol–water partition coefficient (Wildman–Crippen LogP) is 6.47. The number of rotatable bonds is 9. The van der Waals surface area contributed by atoms with Crippen molar-refractivity contribution in [3.63, 3.8) is 0 Å². The second-order valence-electron chi connectivity index (χ2n) is 8.12. The van der Waals surface area contributed by atoms with Crippen molar-refractivity contribution in [3.05, 3.63) is 82.1 Å². The van der Waals surface area contributed by atoms with Gasteiger partial charge in [-0.05, 0) is 79.1 Å². The van der Waals surface area contributed by atoms with Gasteiger partial charge in [-0.3, -0.25) is 9.69 Å². The lowest BCUT2D eigenvalue weighted by Gasteiger charge is -2.18. The number of hydrogen-bond donors (Lipinski definition) is 0. The Hall–Kier alpha value is -2.67. The SMILES string of the molecule is CCN(C/C=C/C#CC(C)(C)C)Cc1cccc(/C=C/C(=O)/C=C/c2ccsc2)c1. The van der Waals surface area contributed by atoms with Gasteiger partial charge in [-0.1, -0.05) is 61.3 Å². The van der Waals surface area contributed by atoms with Gasteiger partial charge in [0, 0.05) is 18.5 Å². The van der Waals surface area contributed by atoms with Crippen LogP contribution in [0.4, 0.5) is 0 Å². The van der Waals surface area contributed by atoms with Crippen molar-refractivity contribution in [3.8, 4) is 11.8 Å². The van der Waals surface area contributed by atoms with Crippen molar-refractivity contribution in [1.29, 1.82) is 0 Å². The van der Waals surface area contributed by atoms with Crippen molar-refractivity contribution >= 4 is 29.3 Å². The van der Waals surface area contributed by atoms with Crippen LogP contribution in [-0.4, -0.2) is 23.8 Å². The minimum Gasteiger partial charge on any atom is -0.296 e. The van der Waals surface area contributed by atoms with Crippen molar-refractivity contribution in [2.24, 2.45) is 5.41 Å². The van der Waals surface area contributed by atoms with Crippen molar-refractivity contribution in [1.82, 2.24) is 4.90 Å². The summed E-state index contributed by atoms with van der Waals surface area (Å²) in [6, 6.07) is 10.3. The van der Waals surface area contributed by atoms with Crippen molar-refractivity contribution in [2.45, 2.75) is 34.2 Å². The molecule has 0 saturated carbocycles.